The monoisotopic (exact) mass is 226 g/mol. The molecule has 0 aromatic rings. The van der Waals surface area contributed by atoms with Gasteiger partial charge in [-0.15, -0.1) is 0 Å². The van der Waals surface area contributed by atoms with Crippen molar-refractivity contribution in [3.63, 3.8) is 0 Å². The maximum absolute atomic E-state index is 5.39. The fraction of sp³-hybridized carbons (Fsp3) is 0.846. The summed E-state index contributed by atoms with van der Waals surface area (Å²) in [5, 5.41) is 0. The Balaban J connectivity index is 2.23. The van der Waals surface area contributed by atoms with E-state index < -0.39 is 0 Å². The van der Waals surface area contributed by atoms with Crippen molar-refractivity contribution in [2.24, 2.45) is 11.1 Å². The Kier molecular flexibility index (Phi) is 5.46. The number of nitrogens with two attached hydrogens (primary N) is 1. The van der Waals surface area contributed by atoms with Gasteiger partial charge in [-0.05, 0) is 11.8 Å². The van der Waals surface area contributed by atoms with Crippen molar-refractivity contribution >= 4 is 0 Å². The Morgan fingerprint density at radius 1 is 1.38 bits per heavy atom. The van der Waals surface area contributed by atoms with Crippen LogP contribution in [0.25, 0.3) is 0 Å². The highest BCUT2D eigenvalue weighted by Gasteiger charge is 2.20. The molecular formula is C13H26N2O. The molecule has 0 atom stereocenters. The summed E-state index contributed by atoms with van der Waals surface area (Å²) in [7, 11) is 0. The molecule has 0 fully saturated rings. The number of hydrogen-bond donors (Lipinski definition) is 1. The van der Waals surface area contributed by atoms with Crippen LogP contribution in [-0.2, 0) is 4.74 Å². The van der Waals surface area contributed by atoms with Gasteiger partial charge in [-0.25, -0.2) is 0 Å². The van der Waals surface area contributed by atoms with Crippen molar-refractivity contribution in [1.29, 1.82) is 0 Å². The molecule has 0 amide bonds. The van der Waals surface area contributed by atoms with Gasteiger partial charge in [-0.1, -0.05) is 32.4 Å². The Labute approximate surface area is 99.6 Å². The van der Waals surface area contributed by atoms with Crippen molar-refractivity contribution in [1.82, 2.24) is 4.90 Å². The third-order valence-corrected chi connectivity index (χ3v) is 3.07. The summed E-state index contributed by atoms with van der Waals surface area (Å²) in [5.41, 5.74) is 7.29. The van der Waals surface area contributed by atoms with Crippen LogP contribution in [0.1, 0.15) is 27.2 Å². The molecule has 0 saturated heterocycles. The van der Waals surface area contributed by atoms with Crippen molar-refractivity contribution < 1.29 is 4.74 Å². The molecule has 0 unspecified atom stereocenters. The first-order valence-corrected chi connectivity index (χ1v) is 6.23. The van der Waals surface area contributed by atoms with Gasteiger partial charge in [0.25, 0.3) is 0 Å². The summed E-state index contributed by atoms with van der Waals surface area (Å²) >= 11 is 0. The molecule has 0 aromatic carbocycles. The van der Waals surface area contributed by atoms with Gasteiger partial charge in [0, 0.05) is 26.2 Å². The van der Waals surface area contributed by atoms with E-state index in [1.165, 1.54) is 6.42 Å². The zero-order valence-electron chi connectivity index (χ0n) is 11.0. The van der Waals surface area contributed by atoms with Crippen molar-refractivity contribution in [2.75, 3.05) is 39.4 Å². The fourth-order valence-corrected chi connectivity index (χ4v) is 1.97. The molecule has 0 saturated carbocycles. The molecule has 94 valence electrons. The predicted molar refractivity (Wildman–Crippen MR) is 68.5 cm³/mol. The van der Waals surface area contributed by atoms with E-state index in [4.69, 9.17) is 10.5 Å². The van der Waals surface area contributed by atoms with E-state index in [2.05, 4.69) is 31.7 Å². The lowest BCUT2D eigenvalue weighted by Gasteiger charge is -2.32. The summed E-state index contributed by atoms with van der Waals surface area (Å²) in [6, 6.07) is 0. The normalized spacial score (nSPS) is 18.6. The minimum Gasteiger partial charge on any atom is -0.379 e. The highest BCUT2D eigenvalue weighted by Crippen LogP contribution is 2.29. The third kappa shape index (κ3) is 4.64. The van der Waals surface area contributed by atoms with E-state index in [0.717, 1.165) is 26.2 Å². The lowest BCUT2D eigenvalue weighted by Crippen LogP contribution is -2.34. The van der Waals surface area contributed by atoms with Crippen LogP contribution in [0, 0.1) is 5.41 Å². The lowest BCUT2D eigenvalue weighted by molar-refractivity contribution is 0.111. The van der Waals surface area contributed by atoms with E-state index in [0.29, 0.717) is 18.6 Å². The number of ether oxygens (including phenoxy) is 1. The first kappa shape index (κ1) is 13.7. The van der Waals surface area contributed by atoms with Crippen LogP contribution >= 0.6 is 0 Å². The molecule has 2 N–H and O–H groups in total. The second kappa shape index (κ2) is 6.38. The molecule has 1 aliphatic rings. The molecule has 0 bridgehead atoms. The van der Waals surface area contributed by atoms with Crippen LogP contribution in [0.4, 0.5) is 0 Å². The second-order valence-electron chi connectivity index (χ2n) is 5.43. The Bertz CT molecular complexity index is 231. The first-order chi connectivity index (χ1) is 7.54. The average Bonchev–Trinajstić information content (AvgIpc) is 2.24. The van der Waals surface area contributed by atoms with Gasteiger partial charge in [0.1, 0.15) is 0 Å². The van der Waals surface area contributed by atoms with Gasteiger partial charge >= 0.3 is 0 Å². The largest absolute Gasteiger partial charge is 0.379 e. The maximum atomic E-state index is 5.39. The maximum Gasteiger partial charge on any atom is 0.0594 e. The zero-order chi connectivity index (χ0) is 12.0. The van der Waals surface area contributed by atoms with E-state index in [1.54, 1.807) is 5.57 Å². The summed E-state index contributed by atoms with van der Waals surface area (Å²) < 4.78 is 5.39. The fourth-order valence-electron chi connectivity index (χ4n) is 1.97. The summed E-state index contributed by atoms with van der Waals surface area (Å²) in [5.74, 6) is 0. The van der Waals surface area contributed by atoms with Crippen LogP contribution in [0.5, 0.6) is 0 Å². The van der Waals surface area contributed by atoms with E-state index in [-0.39, 0.29) is 0 Å². The SMILES string of the molecule is CC(C)(C)C1=CCN(CCOCCN)CC1. The molecule has 3 nitrogen and oxygen atoms in total. The topological polar surface area (TPSA) is 38.5 Å². The van der Waals surface area contributed by atoms with Gasteiger partial charge in [-0.3, -0.25) is 4.90 Å². The number of rotatable bonds is 5. The van der Waals surface area contributed by atoms with Crippen LogP contribution in [-0.4, -0.2) is 44.3 Å². The van der Waals surface area contributed by atoms with E-state index >= 15 is 0 Å². The van der Waals surface area contributed by atoms with Gasteiger partial charge in [0.2, 0.25) is 0 Å². The molecule has 3 heteroatoms. The molecule has 1 heterocycles. The van der Waals surface area contributed by atoms with E-state index in [1.807, 2.05) is 0 Å². The quantitative estimate of drug-likeness (QED) is 0.572. The van der Waals surface area contributed by atoms with E-state index in [9.17, 15) is 0 Å². The van der Waals surface area contributed by atoms with Crippen LogP contribution in [0.15, 0.2) is 11.6 Å². The Morgan fingerprint density at radius 2 is 2.12 bits per heavy atom. The average molecular weight is 226 g/mol. The lowest BCUT2D eigenvalue weighted by atomic mass is 9.83. The molecule has 1 aliphatic heterocycles. The van der Waals surface area contributed by atoms with Crippen molar-refractivity contribution in [3.8, 4) is 0 Å². The van der Waals surface area contributed by atoms with Gasteiger partial charge < -0.3 is 10.5 Å². The van der Waals surface area contributed by atoms with Gasteiger partial charge in [0.15, 0.2) is 0 Å². The standard InChI is InChI=1S/C13H26N2O/c1-13(2,3)12-4-7-15(8-5-12)9-11-16-10-6-14/h4H,5-11,14H2,1-3H3. The minimum atomic E-state index is 0.335. The number of hydrogen-bond acceptors (Lipinski definition) is 3. The Morgan fingerprint density at radius 3 is 2.62 bits per heavy atom. The van der Waals surface area contributed by atoms with Crippen LogP contribution in [0.3, 0.4) is 0 Å². The van der Waals surface area contributed by atoms with Crippen LogP contribution in [0.2, 0.25) is 0 Å². The van der Waals surface area contributed by atoms with Gasteiger partial charge in [0.05, 0.1) is 13.2 Å². The second-order valence-corrected chi connectivity index (χ2v) is 5.43. The summed E-state index contributed by atoms with van der Waals surface area (Å²) in [6.07, 6.45) is 3.58. The molecule has 0 aliphatic carbocycles. The first-order valence-electron chi connectivity index (χ1n) is 6.23. The molecule has 0 spiro atoms. The minimum absolute atomic E-state index is 0.335. The van der Waals surface area contributed by atoms with Crippen LogP contribution < -0.4 is 5.73 Å². The number of nitrogens with zero attached hydrogens (tertiary/aromatic N) is 1. The van der Waals surface area contributed by atoms with Crippen molar-refractivity contribution in [3.05, 3.63) is 11.6 Å². The molecular weight excluding hydrogens is 200 g/mol. The highest BCUT2D eigenvalue weighted by atomic mass is 16.5. The molecule has 0 aromatic heterocycles. The molecule has 16 heavy (non-hydrogen) atoms. The third-order valence-electron chi connectivity index (χ3n) is 3.07. The van der Waals surface area contributed by atoms with Crippen molar-refractivity contribution in [2.45, 2.75) is 27.2 Å². The molecule has 1 rings (SSSR count). The summed E-state index contributed by atoms with van der Waals surface area (Å²) in [4.78, 5) is 2.44. The molecule has 0 radical (unpaired) electrons. The Hall–Kier alpha value is -0.380. The smallest absolute Gasteiger partial charge is 0.0594 e. The van der Waals surface area contributed by atoms with Gasteiger partial charge in [-0.2, -0.15) is 0 Å². The predicted octanol–water partition coefficient (Wildman–Crippen LogP) is 1.64. The summed E-state index contributed by atoms with van der Waals surface area (Å²) in [6.45, 7) is 12.2. The zero-order valence-corrected chi connectivity index (χ0v) is 11.0. The highest BCUT2D eigenvalue weighted by molar-refractivity contribution is 5.14.